The highest BCUT2D eigenvalue weighted by atomic mass is 16.6. The van der Waals surface area contributed by atoms with Crippen molar-refractivity contribution in [3.63, 3.8) is 0 Å². The van der Waals surface area contributed by atoms with E-state index in [2.05, 4.69) is 0 Å². The maximum absolute atomic E-state index is 12.5. The summed E-state index contributed by atoms with van der Waals surface area (Å²) in [6.07, 6.45) is -0.250. The Morgan fingerprint density at radius 1 is 0.886 bits per heavy atom. The molecule has 0 bridgehead atoms. The van der Waals surface area contributed by atoms with Gasteiger partial charge in [-0.1, -0.05) is 47.6 Å². The van der Waals surface area contributed by atoms with Gasteiger partial charge < -0.3 is 24.7 Å². The van der Waals surface area contributed by atoms with Gasteiger partial charge in [-0.05, 0) is 41.9 Å². The van der Waals surface area contributed by atoms with E-state index in [9.17, 15) is 19.2 Å². The molecule has 1 rings (SSSR count). The zero-order valence-electron chi connectivity index (χ0n) is 22.1. The highest BCUT2D eigenvalue weighted by molar-refractivity contribution is 5.78. The Labute approximate surface area is 207 Å². The number of hydrogen-bond acceptors (Lipinski definition) is 9. The minimum Gasteiger partial charge on any atom is -0.462 e. The zero-order valence-corrected chi connectivity index (χ0v) is 22.1. The molecule has 0 aliphatic carbocycles. The van der Waals surface area contributed by atoms with Gasteiger partial charge in [0, 0.05) is 6.92 Å². The predicted octanol–water partition coefficient (Wildman–Crippen LogP) is 3.73. The highest BCUT2D eigenvalue weighted by Gasteiger charge is 2.24. The number of rotatable bonds is 10. The summed E-state index contributed by atoms with van der Waals surface area (Å²) >= 11 is 0. The number of hydrogen-bond donors (Lipinski definition) is 1. The molecular weight excluding hydrogens is 454 g/mol. The molecule has 1 aromatic rings. The maximum atomic E-state index is 12.5. The van der Waals surface area contributed by atoms with Crippen LogP contribution in [0.25, 0.3) is 0 Å². The smallest absolute Gasteiger partial charge is 0.323 e. The van der Waals surface area contributed by atoms with Crippen LogP contribution in [-0.2, 0) is 35.1 Å². The van der Waals surface area contributed by atoms with E-state index in [0.717, 1.165) is 0 Å². The quantitative estimate of drug-likeness (QED) is 0.382. The number of carbonyl (C=O) groups excluding carboxylic acids is 4. The summed E-state index contributed by atoms with van der Waals surface area (Å²) in [6.45, 7) is 14.2. The number of esters is 4. The maximum Gasteiger partial charge on any atom is 0.323 e. The minimum atomic E-state index is -1.01. The van der Waals surface area contributed by atoms with Crippen LogP contribution in [0.3, 0.4) is 0 Å². The van der Waals surface area contributed by atoms with Gasteiger partial charge in [0.2, 0.25) is 0 Å². The molecule has 0 heterocycles. The van der Waals surface area contributed by atoms with Crippen LogP contribution in [0.4, 0.5) is 0 Å². The molecule has 1 aromatic carbocycles. The van der Waals surface area contributed by atoms with E-state index in [-0.39, 0.29) is 48.2 Å². The lowest BCUT2D eigenvalue weighted by Crippen LogP contribution is -2.37. The summed E-state index contributed by atoms with van der Waals surface area (Å²) in [6, 6.07) is 3.66. The number of nitrogens with two attached hydrogens (primary N) is 1. The van der Waals surface area contributed by atoms with Gasteiger partial charge in [-0.3, -0.25) is 19.2 Å². The van der Waals surface area contributed by atoms with Gasteiger partial charge in [-0.25, -0.2) is 0 Å². The number of benzene rings is 1. The average molecular weight is 494 g/mol. The first-order valence-corrected chi connectivity index (χ1v) is 11.6. The number of ether oxygens (including phenoxy) is 4. The summed E-state index contributed by atoms with van der Waals surface area (Å²) in [5, 5.41) is 0. The second-order valence-electron chi connectivity index (χ2n) is 11.1. The third-order valence-electron chi connectivity index (χ3n) is 4.40. The summed E-state index contributed by atoms with van der Waals surface area (Å²) < 4.78 is 21.0. The van der Waals surface area contributed by atoms with Crippen molar-refractivity contribution in [3.8, 4) is 11.5 Å². The first-order valence-electron chi connectivity index (χ1n) is 11.6. The van der Waals surface area contributed by atoms with E-state index in [0.29, 0.717) is 5.56 Å². The van der Waals surface area contributed by atoms with Gasteiger partial charge in [0.15, 0.2) is 11.5 Å². The van der Waals surface area contributed by atoms with Crippen molar-refractivity contribution >= 4 is 23.9 Å². The second kappa shape index (κ2) is 12.7. The van der Waals surface area contributed by atoms with Crippen molar-refractivity contribution < 1.29 is 38.1 Å². The van der Waals surface area contributed by atoms with E-state index >= 15 is 0 Å². The van der Waals surface area contributed by atoms with Gasteiger partial charge in [-0.2, -0.15) is 0 Å². The van der Waals surface area contributed by atoms with Gasteiger partial charge in [0.05, 0.1) is 12.8 Å². The molecule has 2 N–H and O–H groups in total. The van der Waals surface area contributed by atoms with Crippen molar-refractivity contribution in [2.24, 2.45) is 16.6 Å². The van der Waals surface area contributed by atoms with Crippen molar-refractivity contribution in [1.29, 1.82) is 0 Å². The third kappa shape index (κ3) is 12.9. The van der Waals surface area contributed by atoms with Crippen LogP contribution < -0.4 is 15.2 Å². The Morgan fingerprint density at radius 2 is 1.40 bits per heavy atom. The monoisotopic (exact) mass is 493 g/mol. The lowest BCUT2D eigenvalue weighted by atomic mass is 9.92. The molecule has 0 radical (unpaired) electrons. The Morgan fingerprint density at radius 3 is 1.89 bits per heavy atom. The Balaban J connectivity index is 3.01. The standard InChI is InChI=1S/C26H39NO8/c1-16(15-32-17(2)28)33-24(31)19(27)11-18-9-10-20(34-22(29)13-25(3,4)5)21(12-18)35-23(30)14-26(6,7)8/h9-10,12,16,19H,11,13-15,27H2,1-8H3/t16-,19-/m0/s1. The zero-order chi connectivity index (χ0) is 27.0. The van der Waals surface area contributed by atoms with Gasteiger partial charge in [0.25, 0.3) is 0 Å². The topological polar surface area (TPSA) is 131 Å². The van der Waals surface area contributed by atoms with Crippen LogP contribution in [0.1, 0.15) is 73.8 Å². The lowest BCUT2D eigenvalue weighted by Gasteiger charge is -2.20. The molecule has 196 valence electrons. The molecule has 0 aliphatic heterocycles. The summed E-state index contributed by atoms with van der Waals surface area (Å²) in [4.78, 5) is 48.1. The van der Waals surface area contributed by atoms with Crippen molar-refractivity contribution in [3.05, 3.63) is 23.8 Å². The van der Waals surface area contributed by atoms with Crippen molar-refractivity contribution in [2.75, 3.05) is 6.61 Å². The van der Waals surface area contributed by atoms with Crippen molar-refractivity contribution in [1.82, 2.24) is 0 Å². The second-order valence-corrected chi connectivity index (χ2v) is 11.1. The molecule has 0 saturated heterocycles. The fourth-order valence-corrected chi connectivity index (χ4v) is 2.92. The first kappa shape index (κ1) is 30.1. The number of carbonyl (C=O) groups is 4. The summed E-state index contributed by atoms with van der Waals surface area (Å²) in [7, 11) is 0. The molecular formula is C26H39NO8. The van der Waals surface area contributed by atoms with E-state index in [1.165, 1.54) is 19.1 Å². The van der Waals surface area contributed by atoms with Crippen LogP contribution in [0.2, 0.25) is 0 Å². The largest absolute Gasteiger partial charge is 0.462 e. The van der Waals surface area contributed by atoms with Gasteiger partial charge in [0.1, 0.15) is 18.8 Å². The van der Waals surface area contributed by atoms with Crippen LogP contribution in [0, 0.1) is 10.8 Å². The fourth-order valence-electron chi connectivity index (χ4n) is 2.92. The summed E-state index contributed by atoms with van der Waals surface area (Å²) in [5.41, 5.74) is 6.00. The Kier molecular flexibility index (Phi) is 10.9. The molecule has 0 saturated carbocycles. The Bertz CT molecular complexity index is 911. The molecule has 0 aliphatic rings. The van der Waals surface area contributed by atoms with Crippen molar-refractivity contribution in [2.45, 2.75) is 86.8 Å². The van der Waals surface area contributed by atoms with Crippen LogP contribution >= 0.6 is 0 Å². The minimum absolute atomic E-state index is 0.0720. The predicted molar refractivity (Wildman–Crippen MR) is 130 cm³/mol. The third-order valence-corrected chi connectivity index (χ3v) is 4.40. The van der Waals surface area contributed by atoms with Gasteiger partial charge in [-0.15, -0.1) is 0 Å². The fraction of sp³-hybridized carbons (Fsp3) is 0.615. The molecule has 9 nitrogen and oxygen atoms in total. The van der Waals surface area contributed by atoms with E-state index < -0.39 is 36.0 Å². The highest BCUT2D eigenvalue weighted by Crippen LogP contribution is 2.32. The molecule has 35 heavy (non-hydrogen) atoms. The van der Waals surface area contributed by atoms with Crippen LogP contribution in [0.5, 0.6) is 11.5 Å². The molecule has 0 unspecified atom stereocenters. The molecule has 0 amide bonds. The first-order chi connectivity index (χ1) is 15.9. The van der Waals surface area contributed by atoms with E-state index in [1.807, 2.05) is 41.5 Å². The van der Waals surface area contributed by atoms with Crippen LogP contribution in [0.15, 0.2) is 18.2 Å². The normalized spacial score (nSPS) is 13.4. The van der Waals surface area contributed by atoms with E-state index in [1.54, 1.807) is 13.0 Å². The Hall–Kier alpha value is -2.94. The van der Waals surface area contributed by atoms with Crippen LogP contribution in [-0.4, -0.2) is 42.6 Å². The lowest BCUT2D eigenvalue weighted by molar-refractivity contribution is -0.157. The van der Waals surface area contributed by atoms with Gasteiger partial charge >= 0.3 is 23.9 Å². The molecule has 0 spiro atoms. The van der Waals surface area contributed by atoms with E-state index in [4.69, 9.17) is 24.7 Å². The molecule has 0 aromatic heterocycles. The SMILES string of the molecule is CC(=O)OC[C@H](C)OC(=O)[C@@H](N)Cc1ccc(OC(=O)CC(C)(C)C)c(OC(=O)CC(C)(C)C)c1. The molecule has 9 heteroatoms. The molecule has 2 atom stereocenters. The average Bonchev–Trinajstić information content (AvgIpc) is 2.65. The summed E-state index contributed by atoms with van der Waals surface area (Å²) in [5.74, 6) is -1.91. The molecule has 0 fully saturated rings.